The second kappa shape index (κ2) is 8.55. The first-order valence-electron chi connectivity index (χ1n) is 10.3. The van der Waals surface area contributed by atoms with Crippen LogP contribution in [0.5, 0.6) is 0 Å². The molecule has 0 spiro atoms. The van der Waals surface area contributed by atoms with E-state index in [2.05, 4.69) is 33.0 Å². The normalized spacial score (nSPS) is 13.8. The van der Waals surface area contributed by atoms with Crippen LogP contribution in [0.25, 0.3) is 10.9 Å². The van der Waals surface area contributed by atoms with E-state index in [1.165, 1.54) is 0 Å². The van der Waals surface area contributed by atoms with Crippen LogP contribution in [0.3, 0.4) is 0 Å². The fourth-order valence-electron chi connectivity index (χ4n) is 3.72. The standard InChI is InChI=1S/C24H23N5O3/c1-3-12-25-22(31)23(32)26-14-16-6-4-5-7-19(16)21(30)28-24(10-11-24)18-8-9-20-17(13-18)15-27-29(20)2/h1,4-9,13,15H,10-12,14H2,2H3,(H,25,31)(H,26,32)(H,28,30). The van der Waals surface area contributed by atoms with Gasteiger partial charge in [-0.25, -0.2) is 0 Å². The van der Waals surface area contributed by atoms with Gasteiger partial charge in [0.2, 0.25) is 0 Å². The lowest BCUT2D eigenvalue weighted by molar-refractivity contribution is -0.139. The number of hydrogen-bond donors (Lipinski definition) is 3. The maximum Gasteiger partial charge on any atom is 0.310 e. The van der Waals surface area contributed by atoms with Crippen molar-refractivity contribution in [3.8, 4) is 12.3 Å². The van der Waals surface area contributed by atoms with E-state index < -0.39 is 17.4 Å². The highest BCUT2D eigenvalue weighted by Gasteiger charge is 2.46. The number of aryl methyl sites for hydroxylation is 1. The summed E-state index contributed by atoms with van der Waals surface area (Å²) in [7, 11) is 1.89. The predicted octanol–water partition coefficient (Wildman–Crippen LogP) is 1.36. The molecule has 162 valence electrons. The van der Waals surface area contributed by atoms with Crippen molar-refractivity contribution in [3.05, 3.63) is 65.4 Å². The molecule has 2 aromatic carbocycles. The lowest BCUT2D eigenvalue weighted by atomic mass is 10.0. The molecule has 8 nitrogen and oxygen atoms in total. The van der Waals surface area contributed by atoms with Crippen molar-refractivity contribution in [2.45, 2.75) is 24.9 Å². The summed E-state index contributed by atoms with van der Waals surface area (Å²) in [4.78, 5) is 36.8. The van der Waals surface area contributed by atoms with E-state index in [1.807, 2.05) is 30.1 Å². The molecule has 3 aromatic rings. The minimum absolute atomic E-state index is 0.0296. The first-order chi connectivity index (χ1) is 15.4. The molecule has 0 radical (unpaired) electrons. The average Bonchev–Trinajstić information content (AvgIpc) is 3.50. The monoisotopic (exact) mass is 429 g/mol. The summed E-state index contributed by atoms with van der Waals surface area (Å²) in [5.74, 6) is 0.388. The molecule has 1 aliphatic carbocycles. The van der Waals surface area contributed by atoms with E-state index in [-0.39, 0.29) is 19.0 Å². The summed E-state index contributed by atoms with van der Waals surface area (Å²) < 4.78 is 1.81. The third-order valence-corrected chi connectivity index (χ3v) is 5.66. The van der Waals surface area contributed by atoms with Crippen LogP contribution >= 0.6 is 0 Å². The smallest absolute Gasteiger partial charge is 0.310 e. The largest absolute Gasteiger partial charge is 0.344 e. The van der Waals surface area contributed by atoms with Crippen LogP contribution in [0.15, 0.2) is 48.7 Å². The van der Waals surface area contributed by atoms with Gasteiger partial charge in [0.25, 0.3) is 5.91 Å². The number of amides is 3. The van der Waals surface area contributed by atoms with Crippen molar-refractivity contribution in [1.82, 2.24) is 25.7 Å². The van der Waals surface area contributed by atoms with Gasteiger partial charge >= 0.3 is 11.8 Å². The zero-order valence-electron chi connectivity index (χ0n) is 17.6. The van der Waals surface area contributed by atoms with Gasteiger partial charge in [0.15, 0.2) is 0 Å². The minimum Gasteiger partial charge on any atom is -0.344 e. The first-order valence-corrected chi connectivity index (χ1v) is 10.3. The molecule has 1 fully saturated rings. The van der Waals surface area contributed by atoms with Crippen molar-refractivity contribution in [2.75, 3.05) is 6.54 Å². The molecule has 1 saturated carbocycles. The Morgan fingerprint density at radius 3 is 2.62 bits per heavy atom. The second-order valence-electron chi connectivity index (χ2n) is 7.80. The fourth-order valence-corrected chi connectivity index (χ4v) is 3.72. The summed E-state index contributed by atoms with van der Waals surface area (Å²) in [5, 5.41) is 13.3. The molecule has 3 N–H and O–H groups in total. The van der Waals surface area contributed by atoms with E-state index in [9.17, 15) is 14.4 Å². The molecule has 1 aliphatic rings. The van der Waals surface area contributed by atoms with Gasteiger partial charge in [-0.2, -0.15) is 5.10 Å². The molecule has 0 bridgehead atoms. The summed E-state index contributed by atoms with van der Waals surface area (Å²) in [6.45, 7) is 0.0126. The van der Waals surface area contributed by atoms with E-state index in [1.54, 1.807) is 24.3 Å². The van der Waals surface area contributed by atoms with Crippen molar-refractivity contribution in [2.24, 2.45) is 7.05 Å². The molecular formula is C24H23N5O3. The number of benzene rings is 2. The van der Waals surface area contributed by atoms with Gasteiger partial charge in [0.1, 0.15) is 0 Å². The number of fused-ring (bicyclic) bond motifs is 1. The first kappa shape index (κ1) is 21.1. The Labute approximate surface area is 185 Å². The molecule has 1 heterocycles. The number of hydrogen-bond acceptors (Lipinski definition) is 4. The van der Waals surface area contributed by atoms with Crippen molar-refractivity contribution < 1.29 is 14.4 Å². The summed E-state index contributed by atoms with van der Waals surface area (Å²) in [5.41, 5.74) is 2.73. The number of aromatic nitrogens is 2. The van der Waals surface area contributed by atoms with Crippen LogP contribution in [0.1, 0.15) is 34.3 Å². The van der Waals surface area contributed by atoms with E-state index in [4.69, 9.17) is 6.42 Å². The molecule has 1 aromatic heterocycles. The summed E-state index contributed by atoms with van der Waals surface area (Å²) in [6, 6.07) is 13.1. The van der Waals surface area contributed by atoms with Gasteiger partial charge in [-0.1, -0.05) is 30.2 Å². The minimum atomic E-state index is -0.812. The highest BCUT2D eigenvalue weighted by molar-refractivity contribution is 6.35. The molecule has 0 atom stereocenters. The van der Waals surface area contributed by atoms with Gasteiger partial charge in [0.05, 0.1) is 23.8 Å². The third kappa shape index (κ3) is 4.18. The van der Waals surface area contributed by atoms with Crippen LogP contribution in [-0.2, 0) is 28.7 Å². The Morgan fingerprint density at radius 2 is 1.88 bits per heavy atom. The summed E-state index contributed by atoms with van der Waals surface area (Å²) in [6.07, 6.45) is 8.58. The molecule has 3 amide bonds. The lowest BCUT2D eigenvalue weighted by Crippen LogP contribution is -2.40. The number of carbonyl (C=O) groups is 3. The highest BCUT2D eigenvalue weighted by atomic mass is 16.2. The number of rotatable bonds is 6. The van der Waals surface area contributed by atoms with Gasteiger partial charge < -0.3 is 16.0 Å². The number of nitrogens with one attached hydrogen (secondary N) is 3. The fraction of sp³-hybridized carbons (Fsp3) is 0.250. The summed E-state index contributed by atoms with van der Waals surface area (Å²) >= 11 is 0. The van der Waals surface area contributed by atoms with Crippen molar-refractivity contribution in [1.29, 1.82) is 0 Å². The molecule has 0 aliphatic heterocycles. The van der Waals surface area contributed by atoms with E-state index >= 15 is 0 Å². The maximum absolute atomic E-state index is 13.1. The quantitative estimate of drug-likeness (QED) is 0.406. The van der Waals surface area contributed by atoms with Crippen LogP contribution in [0.2, 0.25) is 0 Å². The molecular weight excluding hydrogens is 406 g/mol. The molecule has 4 rings (SSSR count). The molecule has 0 saturated heterocycles. The zero-order valence-corrected chi connectivity index (χ0v) is 17.6. The van der Waals surface area contributed by atoms with Gasteiger partial charge in [-0.3, -0.25) is 19.1 Å². The molecule has 8 heteroatoms. The Bertz CT molecular complexity index is 1250. The Balaban J connectivity index is 1.47. The number of terminal acetylenes is 1. The van der Waals surface area contributed by atoms with Crippen LogP contribution in [0, 0.1) is 12.3 Å². The van der Waals surface area contributed by atoms with Crippen molar-refractivity contribution >= 4 is 28.6 Å². The molecule has 0 unspecified atom stereocenters. The predicted molar refractivity (Wildman–Crippen MR) is 119 cm³/mol. The topological polar surface area (TPSA) is 105 Å². The van der Waals surface area contributed by atoms with E-state index in [0.717, 1.165) is 29.3 Å². The van der Waals surface area contributed by atoms with E-state index in [0.29, 0.717) is 11.1 Å². The average molecular weight is 429 g/mol. The Morgan fingerprint density at radius 1 is 1.12 bits per heavy atom. The molecule has 32 heavy (non-hydrogen) atoms. The number of nitrogens with zero attached hydrogens (tertiary/aromatic N) is 2. The Hall–Kier alpha value is -4.12. The Kier molecular flexibility index (Phi) is 5.65. The van der Waals surface area contributed by atoms with Gasteiger partial charge in [0, 0.05) is 24.5 Å². The van der Waals surface area contributed by atoms with Gasteiger partial charge in [-0.15, -0.1) is 6.42 Å². The SMILES string of the molecule is C#CCNC(=O)C(=O)NCc1ccccc1C(=O)NC1(c2ccc3c(cnn3C)c2)CC1. The lowest BCUT2D eigenvalue weighted by Gasteiger charge is -2.19. The zero-order chi connectivity index (χ0) is 22.7. The maximum atomic E-state index is 13.1. The second-order valence-corrected chi connectivity index (χ2v) is 7.80. The highest BCUT2D eigenvalue weighted by Crippen LogP contribution is 2.46. The number of carbonyl (C=O) groups excluding carboxylic acids is 3. The third-order valence-electron chi connectivity index (χ3n) is 5.66. The van der Waals surface area contributed by atoms with Crippen molar-refractivity contribution in [3.63, 3.8) is 0 Å². The van der Waals surface area contributed by atoms with Crippen LogP contribution < -0.4 is 16.0 Å². The van der Waals surface area contributed by atoms with Crippen LogP contribution in [-0.4, -0.2) is 34.0 Å². The van der Waals surface area contributed by atoms with Crippen LogP contribution in [0.4, 0.5) is 0 Å². The van der Waals surface area contributed by atoms with Gasteiger partial charge in [-0.05, 0) is 42.2 Å².